The number of carbonyl (C=O) groups is 1. The Bertz CT molecular complexity index is 630. The zero-order chi connectivity index (χ0) is 14.7. The van der Waals surface area contributed by atoms with Crippen molar-refractivity contribution in [1.29, 1.82) is 0 Å². The molecule has 0 fully saturated rings. The highest BCUT2D eigenvalue weighted by molar-refractivity contribution is 8.02. The normalized spacial score (nSPS) is 12.2. The maximum absolute atomic E-state index is 12.2. The van der Waals surface area contributed by atoms with Crippen LogP contribution in [0.3, 0.4) is 0 Å². The van der Waals surface area contributed by atoms with Crippen molar-refractivity contribution < 1.29 is 4.79 Å². The smallest absolute Gasteiger partial charge is 0.237 e. The van der Waals surface area contributed by atoms with Gasteiger partial charge in [-0.3, -0.25) is 4.79 Å². The Morgan fingerprint density at radius 3 is 2.80 bits per heavy atom. The molecule has 1 heterocycles. The largest absolute Gasteiger partial charge is 0.325 e. The lowest BCUT2D eigenvalue weighted by Crippen LogP contribution is -2.22. The van der Waals surface area contributed by atoms with Crippen molar-refractivity contribution in [2.45, 2.75) is 30.4 Å². The first-order chi connectivity index (χ1) is 9.45. The Hall–Kier alpha value is -1.11. The maximum atomic E-state index is 12.2. The summed E-state index contributed by atoms with van der Waals surface area (Å²) in [6, 6.07) is 5.43. The van der Waals surface area contributed by atoms with E-state index in [4.69, 9.17) is 11.6 Å². The highest BCUT2D eigenvalue weighted by Gasteiger charge is 2.17. The van der Waals surface area contributed by atoms with E-state index in [2.05, 4.69) is 15.5 Å². The van der Waals surface area contributed by atoms with E-state index in [9.17, 15) is 4.79 Å². The van der Waals surface area contributed by atoms with E-state index in [1.165, 1.54) is 23.1 Å². The first-order valence-corrected chi connectivity index (χ1v) is 8.07. The molecular formula is C13H14ClN3OS2. The lowest BCUT2D eigenvalue weighted by Gasteiger charge is -2.12. The molecule has 0 saturated carbocycles. The summed E-state index contributed by atoms with van der Waals surface area (Å²) in [6.07, 6.45) is 0. The van der Waals surface area contributed by atoms with Crippen LogP contribution in [-0.2, 0) is 4.79 Å². The number of nitrogens with zero attached hydrogens (tertiary/aromatic N) is 2. The molecule has 0 aliphatic rings. The molecule has 1 atom stereocenters. The molecule has 0 saturated heterocycles. The van der Waals surface area contributed by atoms with Crippen molar-refractivity contribution in [3.8, 4) is 0 Å². The summed E-state index contributed by atoms with van der Waals surface area (Å²) in [5, 5.41) is 12.1. The summed E-state index contributed by atoms with van der Waals surface area (Å²) < 4.78 is 0.799. The zero-order valence-electron chi connectivity index (χ0n) is 11.3. The number of rotatable bonds is 4. The molecule has 1 amide bonds. The van der Waals surface area contributed by atoms with Crippen molar-refractivity contribution in [3.05, 3.63) is 33.8 Å². The van der Waals surface area contributed by atoms with E-state index >= 15 is 0 Å². The molecule has 1 aromatic carbocycles. The van der Waals surface area contributed by atoms with Gasteiger partial charge in [-0.15, -0.1) is 10.2 Å². The fourth-order valence-electron chi connectivity index (χ4n) is 1.49. The summed E-state index contributed by atoms with van der Waals surface area (Å²) in [7, 11) is 0. The van der Waals surface area contributed by atoms with Crippen LogP contribution in [0, 0.1) is 13.8 Å². The molecule has 0 aliphatic heterocycles. The second kappa shape index (κ2) is 6.56. The third-order valence-corrected chi connectivity index (χ3v) is 4.87. The van der Waals surface area contributed by atoms with Gasteiger partial charge in [-0.05, 0) is 38.5 Å². The Morgan fingerprint density at radius 2 is 2.15 bits per heavy atom. The Kier molecular flexibility index (Phi) is 5.01. The lowest BCUT2D eigenvalue weighted by atomic mass is 10.2. The number of halogens is 1. The summed E-state index contributed by atoms with van der Waals surface area (Å²) >= 11 is 8.83. The van der Waals surface area contributed by atoms with E-state index in [1.807, 2.05) is 26.8 Å². The molecular weight excluding hydrogens is 314 g/mol. The Labute approximate surface area is 130 Å². The van der Waals surface area contributed by atoms with Gasteiger partial charge in [-0.25, -0.2) is 0 Å². The SMILES string of the molecule is Cc1nnc(S[C@@H](C)C(=O)Nc2cc(Cl)ccc2C)s1. The minimum Gasteiger partial charge on any atom is -0.325 e. The minimum atomic E-state index is -0.249. The fourth-order valence-corrected chi connectivity index (χ4v) is 3.63. The van der Waals surface area contributed by atoms with Gasteiger partial charge in [0.05, 0.1) is 5.25 Å². The molecule has 7 heteroatoms. The van der Waals surface area contributed by atoms with Gasteiger partial charge in [0.1, 0.15) is 5.01 Å². The van der Waals surface area contributed by atoms with Crippen molar-refractivity contribution in [3.63, 3.8) is 0 Å². The first kappa shape index (κ1) is 15.3. The van der Waals surface area contributed by atoms with Crippen LogP contribution >= 0.6 is 34.7 Å². The van der Waals surface area contributed by atoms with Crippen molar-refractivity contribution in [1.82, 2.24) is 10.2 Å². The number of carbonyl (C=O) groups excluding carboxylic acids is 1. The summed E-state index contributed by atoms with van der Waals surface area (Å²) in [4.78, 5) is 12.2. The topological polar surface area (TPSA) is 54.9 Å². The quantitative estimate of drug-likeness (QED) is 0.864. The molecule has 0 aliphatic carbocycles. The molecule has 0 unspecified atom stereocenters. The summed E-state index contributed by atoms with van der Waals surface area (Å²) in [5.41, 5.74) is 1.72. The van der Waals surface area contributed by atoms with Gasteiger partial charge < -0.3 is 5.32 Å². The third-order valence-electron chi connectivity index (χ3n) is 2.61. The molecule has 2 aromatic rings. The molecule has 2 rings (SSSR count). The van der Waals surface area contributed by atoms with Crippen LogP contribution in [0.1, 0.15) is 17.5 Å². The van der Waals surface area contributed by atoms with Crippen molar-refractivity contribution >= 4 is 46.3 Å². The van der Waals surface area contributed by atoms with Gasteiger partial charge in [0.25, 0.3) is 0 Å². The van der Waals surface area contributed by atoms with Crippen LogP contribution in [0.5, 0.6) is 0 Å². The molecule has 1 aromatic heterocycles. The fraction of sp³-hybridized carbons (Fsp3) is 0.308. The molecule has 20 heavy (non-hydrogen) atoms. The van der Waals surface area contributed by atoms with Gasteiger partial charge in [0.2, 0.25) is 5.91 Å². The van der Waals surface area contributed by atoms with Crippen LogP contribution in [0.25, 0.3) is 0 Å². The second-order valence-electron chi connectivity index (χ2n) is 4.30. The zero-order valence-corrected chi connectivity index (χ0v) is 13.7. The highest BCUT2D eigenvalue weighted by Crippen LogP contribution is 2.27. The minimum absolute atomic E-state index is 0.0757. The third kappa shape index (κ3) is 3.94. The number of thioether (sulfide) groups is 1. The van der Waals surface area contributed by atoms with Crippen LogP contribution in [0.15, 0.2) is 22.5 Å². The van der Waals surface area contributed by atoms with E-state index < -0.39 is 0 Å². The molecule has 106 valence electrons. The second-order valence-corrected chi connectivity index (χ2v) is 7.50. The standard InChI is InChI=1S/C13H14ClN3OS2/c1-7-4-5-10(14)6-11(7)15-12(18)8(2)19-13-17-16-9(3)20-13/h4-6,8H,1-3H3,(H,15,18)/t8-/m0/s1. The van der Waals surface area contributed by atoms with Gasteiger partial charge in [-0.2, -0.15) is 0 Å². The average Bonchev–Trinajstić information content (AvgIpc) is 2.79. The number of anilines is 1. The van der Waals surface area contributed by atoms with Gasteiger partial charge in [0, 0.05) is 10.7 Å². The Morgan fingerprint density at radius 1 is 1.40 bits per heavy atom. The number of benzene rings is 1. The number of aryl methyl sites for hydroxylation is 2. The van der Waals surface area contributed by atoms with E-state index in [1.54, 1.807) is 12.1 Å². The van der Waals surface area contributed by atoms with Gasteiger partial charge >= 0.3 is 0 Å². The predicted molar refractivity (Wildman–Crippen MR) is 84.8 cm³/mol. The number of nitrogens with one attached hydrogen (secondary N) is 1. The molecule has 0 spiro atoms. The molecule has 0 radical (unpaired) electrons. The van der Waals surface area contributed by atoms with Crippen molar-refractivity contribution in [2.75, 3.05) is 5.32 Å². The molecule has 0 bridgehead atoms. The summed E-state index contributed by atoms with van der Waals surface area (Å²) in [5.74, 6) is -0.0757. The molecule has 4 nitrogen and oxygen atoms in total. The van der Waals surface area contributed by atoms with Crippen LogP contribution < -0.4 is 5.32 Å². The number of hydrogen-bond donors (Lipinski definition) is 1. The van der Waals surface area contributed by atoms with E-state index in [-0.39, 0.29) is 11.2 Å². The summed E-state index contributed by atoms with van der Waals surface area (Å²) in [6.45, 7) is 5.66. The van der Waals surface area contributed by atoms with Crippen LogP contribution in [-0.4, -0.2) is 21.4 Å². The maximum Gasteiger partial charge on any atom is 0.237 e. The molecule has 1 N–H and O–H groups in total. The van der Waals surface area contributed by atoms with Gasteiger partial charge in [-0.1, -0.05) is 40.8 Å². The predicted octanol–water partition coefficient (Wildman–Crippen LogP) is 3.93. The van der Waals surface area contributed by atoms with Crippen molar-refractivity contribution in [2.24, 2.45) is 0 Å². The first-order valence-electron chi connectivity index (χ1n) is 5.99. The lowest BCUT2D eigenvalue weighted by molar-refractivity contribution is -0.115. The van der Waals surface area contributed by atoms with E-state index in [0.717, 1.165) is 20.6 Å². The Balaban J connectivity index is 2.02. The van der Waals surface area contributed by atoms with Crippen LogP contribution in [0.4, 0.5) is 5.69 Å². The average molecular weight is 328 g/mol. The number of hydrogen-bond acceptors (Lipinski definition) is 5. The van der Waals surface area contributed by atoms with Gasteiger partial charge in [0.15, 0.2) is 4.34 Å². The number of amides is 1. The monoisotopic (exact) mass is 327 g/mol. The number of aromatic nitrogens is 2. The highest BCUT2D eigenvalue weighted by atomic mass is 35.5. The van der Waals surface area contributed by atoms with E-state index in [0.29, 0.717) is 5.02 Å². The van der Waals surface area contributed by atoms with Crippen LogP contribution in [0.2, 0.25) is 5.02 Å².